The normalized spacial score (nSPS) is 14.5. The van der Waals surface area contributed by atoms with Crippen molar-refractivity contribution in [2.75, 3.05) is 5.32 Å². The highest BCUT2D eigenvalue weighted by Gasteiger charge is 2.26. The lowest BCUT2D eigenvalue weighted by atomic mass is 9.85. The zero-order valence-corrected chi connectivity index (χ0v) is 17.6. The fourth-order valence-electron chi connectivity index (χ4n) is 4.21. The molecular formula is C26H27NO3. The molecule has 0 aliphatic carbocycles. The molecular weight excluding hydrogens is 374 g/mol. The fourth-order valence-corrected chi connectivity index (χ4v) is 4.21. The van der Waals surface area contributed by atoms with Crippen molar-refractivity contribution >= 4 is 11.3 Å². The van der Waals surface area contributed by atoms with Crippen LogP contribution in [0.2, 0.25) is 0 Å². The van der Waals surface area contributed by atoms with Gasteiger partial charge >= 0.3 is 0 Å². The summed E-state index contributed by atoms with van der Waals surface area (Å²) in [5.41, 5.74) is 6.20. The molecule has 0 saturated heterocycles. The van der Waals surface area contributed by atoms with Gasteiger partial charge in [0, 0.05) is 16.8 Å². The average molecular weight is 402 g/mol. The Balaban J connectivity index is 1.74. The van der Waals surface area contributed by atoms with E-state index in [2.05, 4.69) is 32.2 Å². The van der Waals surface area contributed by atoms with Gasteiger partial charge in [0.05, 0.1) is 12.1 Å². The minimum atomic E-state index is -0.154. The van der Waals surface area contributed by atoms with Crippen molar-refractivity contribution in [3.63, 3.8) is 0 Å². The molecule has 0 radical (unpaired) electrons. The van der Waals surface area contributed by atoms with Gasteiger partial charge in [0.25, 0.3) is 0 Å². The third-order valence-electron chi connectivity index (χ3n) is 5.43. The van der Waals surface area contributed by atoms with E-state index < -0.39 is 0 Å². The molecule has 0 fully saturated rings. The van der Waals surface area contributed by atoms with Crippen molar-refractivity contribution in [3.8, 4) is 22.6 Å². The topological polar surface area (TPSA) is 61.7 Å². The minimum Gasteiger partial charge on any atom is -0.504 e. The second kappa shape index (κ2) is 7.88. The number of phenolic OH excluding ortho intramolecular Hbond substituents is 1. The van der Waals surface area contributed by atoms with Gasteiger partial charge in [-0.3, -0.25) is 0 Å². The third-order valence-corrected chi connectivity index (χ3v) is 5.43. The molecule has 0 bridgehead atoms. The summed E-state index contributed by atoms with van der Waals surface area (Å²) in [6.45, 7) is 6.54. The smallest absolute Gasteiger partial charge is 0.165 e. The number of allylic oxidation sites excluding steroid dienone is 1. The summed E-state index contributed by atoms with van der Waals surface area (Å²) in [6.07, 6.45) is 2.16. The van der Waals surface area contributed by atoms with E-state index in [1.54, 1.807) is 6.07 Å². The van der Waals surface area contributed by atoms with Crippen LogP contribution in [0.3, 0.4) is 0 Å². The summed E-state index contributed by atoms with van der Waals surface area (Å²) < 4.78 is 5.88. The standard InChI is InChI=1S/C26H27NO3/c1-17-14-26(2,3)27-22-13-12-19(21(15-28)24(17)22)20-10-7-11-23(25(20)29)30-16-18-8-5-4-6-9-18/h4-14,27-29H,15-16H2,1-3H3. The first-order valence-electron chi connectivity index (χ1n) is 10.1. The van der Waals surface area contributed by atoms with Gasteiger partial charge in [0.1, 0.15) is 6.61 Å². The van der Waals surface area contributed by atoms with Gasteiger partial charge in [0.15, 0.2) is 11.5 Å². The SMILES string of the molecule is CC1=CC(C)(C)Nc2ccc(-c3cccc(OCc4ccccc4)c3O)c(CO)c21. The van der Waals surface area contributed by atoms with Gasteiger partial charge in [-0.25, -0.2) is 0 Å². The average Bonchev–Trinajstić information content (AvgIpc) is 2.72. The summed E-state index contributed by atoms with van der Waals surface area (Å²) in [6, 6.07) is 19.3. The first-order chi connectivity index (χ1) is 14.4. The van der Waals surface area contributed by atoms with E-state index >= 15 is 0 Å². The van der Waals surface area contributed by atoms with Crippen LogP contribution in [0.15, 0.2) is 66.7 Å². The van der Waals surface area contributed by atoms with E-state index in [0.717, 1.165) is 33.5 Å². The summed E-state index contributed by atoms with van der Waals surface area (Å²) in [5.74, 6) is 0.498. The molecule has 0 unspecified atom stereocenters. The molecule has 1 heterocycles. The molecule has 0 aromatic heterocycles. The van der Waals surface area contributed by atoms with Crippen molar-refractivity contribution < 1.29 is 14.9 Å². The molecule has 3 N–H and O–H groups in total. The third kappa shape index (κ3) is 3.79. The number of hydrogen-bond acceptors (Lipinski definition) is 4. The maximum Gasteiger partial charge on any atom is 0.165 e. The number of ether oxygens (including phenoxy) is 1. The Labute approximate surface area is 177 Å². The van der Waals surface area contributed by atoms with E-state index in [0.29, 0.717) is 17.9 Å². The van der Waals surface area contributed by atoms with E-state index in [1.165, 1.54) is 0 Å². The first kappa shape index (κ1) is 20.0. The lowest BCUT2D eigenvalue weighted by Gasteiger charge is -2.33. The molecule has 3 aromatic carbocycles. The van der Waals surface area contributed by atoms with Crippen LogP contribution in [0.1, 0.15) is 37.5 Å². The monoisotopic (exact) mass is 401 g/mol. The summed E-state index contributed by atoms with van der Waals surface area (Å²) in [7, 11) is 0. The largest absolute Gasteiger partial charge is 0.504 e. The second-order valence-corrected chi connectivity index (χ2v) is 8.27. The molecule has 30 heavy (non-hydrogen) atoms. The molecule has 1 aliphatic heterocycles. The molecule has 1 aliphatic rings. The number of benzene rings is 3. The quantitative estimate of drug-likeness (QED) is 0.510. The van der Waals surface area contributed by atoms with Crippen LogP contribution in [-0.2, 0) is 13.2 Å². The minimum absolute atomic E-state index is 0.0776. The van der Waals surface area contributed by atoms with Crippen LogP contribution in [-0.4, -0.2) is 15.8 Å². The maximum atomic E-state index is 11.0. The highest BCUT2D eigenvalue weighted by atomic mass is 16.5. The molecule has 4 rings (SSSR count). The molecule has 4 nitrogen and oxygen atoms in total. The Kier molecular flexibility index (Phi) is 5.27. The van der Waals surface area contributed by atoms with Gasteiger partial charge in [0.2, 0.25) is 0 Å². The highest BCUT2D eigenvalue weighted by molar-refractivity contribution is 5.88. The number of hydrogen-bond donors (Lipinski definition) is 3. The van der Waals surface area contributed by atoms with Crippen molar-refractivity contribution in [2.24, 2.45) is 0 Å². The van der Waals surface area contributed by atoms with Crippen LogP contribution in [0.4, 0.5) is 5.69 Å². The first-order valence-corrected chi connectivity index (χ1v) is 10.1. The maximum absolute atomic E-state index is 11.0. The Hall–Kier alpha value is -3.24. The number of aliphatic hydroxyl groups excluding tert-OH is 1. The van der Waals surface area contributed by atoms with Crippen LogP contribution < -0.4 is 10.1 Å². The predicted molar refractivity (Wildman–Crippen MR) is 122 cm³/mol. The van der Waals surface area contributed by atoms with Gasteiger partial charge in [-0.2, -0.15) is 0 Å². The van der Waals surface area contributed by atoms with Gasteiger partial charge < -0.3 is 20.3 Å². The molecule has 3 aromatic rings. The Bertz CT molecular complexity index is 1100. The summed E-state index contributed by atoms with van der Waals surface area (Å²) in [4.78, 5) is 0. The number of aromatic hydroxyl groups is 1. The number of fused-ring (bicyclic) bond motifs is 1. The number of para-hydroxylation sites is 1. The number of rotatable bonds is 5. The Morgan fingerprint density at radius 1 is 0.933 bits per heavy atom. The van der Waals surface area contributed by atoms with E-state index in [9.17, 15) is 10.2 Å². The Morgan fingerprint density at radius 3 is 2.43 bits per heavy atom. The summed E-state index contributed by atoms with van der Waals surface area (Å²) >= 11 is 0. The molecule has 0 spiro atoms. The van der Waals surface area contributed by atoms with Gasteiger partial charge in [-0.15, -0.1) is 0 Å². The van der Waals surface area contributed by atoms with Crippen molar-refractivity contribution in [1.29, 1.82) is 0 Å². The van der Waals surface area contributed by atoms with Crippen LogP contribution >= 0.6 is 0 Å². The van der Waals surface area contributed by atoms with Crippen molar-refractivity contribution in [1.82, 2.24) is 0 Å². The Morgan fingerprint density at radius 2 is 1.70 bits per heavy atom. The van der Waals surface area contributed by atoms with Crippen molar-refractivity contribution in [2.45, 2.75) is 39.5 Å². The molecule has 0 atom stereocenters. The highest BCUT2D eigenvalue weighted by Crippen LogP contribution is 2.44. The predicted octanol–water partition coefficient (Wildman–Crippen LogP) is 5.74. The second-order valence-electron chi connectivity index (χ2n) is 8.27. The zero-order valence-electron chi connectivity index (χ0n) is 17.6. The lowest BCUT2D eigenvalue weighted by Crippen LogP contribution is -2.31. The molecule has 0 amide bonds. The number of nitrogens with one attached hydrogen (secondary N) is 1. The van der Waals surface area contributed by atoms with Crippen molar-refractivity contribution in [3.05, 3.63) is 83.4 Å². The number of aliphatic hydroxyl groups is 1. The summed E-state index contributed by atoms with van der Waals surface area (Å²) in [5, 5.41) is 24.7. The number of phenols is 1. The lowest BCUT2D eigenvalue weighted by molar-refractivity contribution is 0.281. The van der Waals surface area contributed by atoms with Crippen LogP contribution in [0, 0.1) is 0 Å². The number of anilines is 1. The van der Waals surface area contributed by atoms with E-state index in [1.807, 2.05) is 54.6 Å². The van der Waals surface area contributed by atoms with Crippen LogP contribution in [0.5, 0.6) is 11.5 Å². The van der Waals surface area contributed by atoms with Gasteiger partial charge in [-0.1, -0.05) is 54.6 Å². The van der Waals surface area contributed by atoms with Gasteiger partial charge in [-0.05, 0) is 55.2 Å². The van der Waals surface area contributed by atoms with Crippen LogP contribution in [0.25, 0.3) is 16.7 Å². The molecule has 4 heteroatoms. The molecule has 0 saturated carbocycles. The molecule has 154 valence electrons. The van der Waals surface area contributed by atoms with E-state index in [-0.39, 0.29) is 17.9 Å². The zero-order chi connectivity index (χ0) is 21.3. The fraction of sp³-hybridized carbons (Fsp3) is 0.231. The van der Waals surface area contributed by atoms with E-state index in [4.69, 9.17) is 4.74 Å².